The van der Waals surface area contributed by atoms with Crippen molar-refractivity contribution in [3.8, 4) is 0 Å². The second-order valence-corrected chi connectivity index (χ2v) is 0.420. The first-order valence-electron chi connectivity index (χ1n) is 1.14. The maximum Gasteiger partial charge on any atom is 0.0151 e. The summed E-state index contributed by atoms with van der Waals surface area (Å²) >= 11 is 0. The van der Waals surface area contributed by atoms with Crippen molar-refractivity contribution < 1.29 is 0 Å². The molecule has 0 aliphatic carbocycles. The summed E-state index contributed by atoms with van der Waals surface area (Å²) in [6, 6.07) is 0. The molecule has 0 aromatic rings. The molecule has 0 unspecified atom stereocenters. The van der Waals surface area contributed by atoms with Crippen LogP contribution in [0.25, 0.3) is 0 Å². The van der Waals surface area contributed by atoms with Gasteiger partial charge in [-0.15, -0.1) is 5.10 Å². The van der Waals surface area contributed by atoms with Crippen LogP contribution in [0, 0.1) is 5.53 Å². The molecule has 0 aliphatic heterocycles. The van der Waals surface area contributed by atoms with Crippen LogP contribution in [0.2, 0.25) is 0 Å². The smallest absolute Gasteiger partial charge is 0.0151 e. The molecule has 0 saturated heterocycles. The third-order valence-corrected chi connectivity index (χ3v) is 0.148. The summed E-state index contributed by atoms with van der Waals surface area (Å²) in [6.45, 7) is 2.94. The molecule has 0 atom stereocenters. The van der Waals surface area contributed by atoms with Gasteiger partial charge in [0, 0.05) is 6.72 Å². The first-order valence-corrected chi connectivity index (χ1v) is 1.14. The van der Waals surface area contributed by atoms with E-state index in [1.54, 1.807) is 0 Å². The second-order valence-electron chi connectivity index (χ2n) is 0.420. The Morgan fingerprint density at radius 1 is 1.33 bits per heavy atom. The molecular weight excluding hydrogens is 82.0 g/mol. The quantitative estimate of drug-likeness (QED) is 0.295. The van der Waals surface area contributed by atoms with Gasteiger partial charge in [-0.05, 0) is 15.7 Å². The lowest BCUT2D eigenvalue weighted by Gasteiger charge is -1.58. The molecule has 0 radical (unpaired) electrons. The molecule has 0 rings (SSSR count). The van der Waals surface area contributed by atoms with Gasteiger partial charge in [0.1, 0.15) is 0 Å². The fraction of sp³-hybridized carbons (Fsp3) is 0. The van der Waals surface area contributed by atoms with Crippen molar-refractivity contribution in [3.05, 3.63) is 0 Å². The normalized spacial score (nSPS) is 8.67. The van der Waals surface area contributed by atoms with E-state index in [-0.39, 0.29) is 0 Å². The van der Waals surface area contributed by atoms with Gasteiger partial charge in [-0.3, -0.25) is 0 Å². The van der Waals surface area contributed by atoms with E-state index in [4.69, 9.17) is 5.53 Å². The Kier molecular flexibility index (Phi) is 3.14. The molecule has 0 heterocycles. The Bertz CT molecular complexity index is 62.0. The molecule has 32 valence electrons. The molecule has 0 saturated carbocycles. The average molecular weight is 85.1 g/mol. The average Bonchev–Trinajstić information content (AvgIpc) is 1.61. The van der Waals surface area contributed by atoms with Crippen LogP contribution < -0.4 is 0 Å². The topological polar surface area (TPSA) is 73.3 Å². The Balaban J connectivity index is 3.17. The van der Waals surface area contributed by atoms with Crippen molar-refractivity contribution >= 4 is 6.72 Å². The lowest BCUT2D eigenvalue weighted by Crippen LogP contribution is -1.38. The predicted octanol–water partition coefficient (Wildman–Crippen LogP) is 1.00. The number of hydrogen-bond donors (Lipinski definition) is 1. The summed E-state index contributed by atoms with van der Waals surface area (Å²) in [6.07, 6.45) is 0. The number of rotatable bonds is 2. The Hall–Kier alpha value is -1.13. The zero-order chi connectivity index (χ0) is 4.83. The molecule has 0 amide bonds. The van der Waals surface area contributed by atoms with Crippen molar-refractivity contribution in [1.29, 1.82) is 5.53 Å². The van der Waals surface area contributed by atoms with Gasteiger partial charge in [0.05, 0.1) is 0 Å². The summed E-state index contributed by atoms with van der Waals surface area (Å²) in [5.74, 6) is 0. The van der Waals surface area contributed by atoms with Crippen molar-refractivity contribution in [2.45, 2.75) is 0 Å². The standard InChI is InChI=1S/CH3N5/c1-3-5-6-4-2/h2H,1H2/b4-2?,6-5+. The monoisotopic (exact) mass is 85.0 g/mol. The molecule has 0 aliphatic rings. The summed E-state index contributed by atoms with van der Waals surface area (Å²) in [5, 5.41) is 11.1. The molecule has 0 bridgehead atoms. The lowest BCUT2D eigenvalue weighted by molar-refractivity contribution is 0.863. The fourth-order valence-corrected chi connectivity index (χ4v) is 0.0483. The van der Waals surface area contributed by atoms with E-state index in [2.05, 4.69) is 27.5 Å². The zero-order valence-electron chi connectivity index (χ0n) is 3.00. The van der Waals surface area contributed by atoms with E-state index >= 15 is 0 Å². The minimum Gasteiger partial charge on any atom is -0.183 e. The third-order valence-electron chi connectivity index (χ3n) is 0.148. The summed E-state index contributed by atoms with van der Waals surface area (Å²) in [4.78, 5) is 0. The van der Waals surface area contributed by atoms with Crippen molar-refractivity contribution in [3.63, 3.8) is 0 Å². The highest BCUT2D eigenvalue weighted by Crippen LogP contribution is 1.70. The highest BCUT2D eigenvalue weighted by molar-refractivity contribution is 5.22. The number of hydrogen-bond acceptors (Lipinski definition) is 2. The van der Waals surface area contributed by atoms with Crippen LogP contribution in [0.3, 0.4) is 0 Å². The molecule has 1 N–H and O–H groups in total. The fourth-order valence-electron chi connectivity index (χ4n) is 0.0483. The van der Waals surface area contributed by atoms with Crippen LogP contribution in [-0.2, 0) is 0 Å². The Morgan fingerprint density at radius 2 is 2.00 bits per heavy atom. The van der Waals surface area contributed by atoms with E-state index in [9.17, 15) is 0 Å². The first-order chi connectivity index (χ1) is 2.91. The van der Waals surface area contributed by atoms with E-state index in [0.29, 0.717) is 0 Å². The van der Waals surface area contributed by atoms with Crippen molar-refractivity contribution in [2.24, 2.45) is 20.8 Å². The van der Waals surface area contributed by atoms with Crippen molar-refractivity contribution in [1.82, 2.24) is 0 Å². The predicted molar refractivity (Wildman–Crippen MR) is 19.6 cm³/mol. The SMILES string of the molecule is C=N/N=N/N=N. The van der Waals surface area contributed by atoms with E-state index in [1.807, 2.05) is 0 Å². The van der Waals surface area contributed by atoms with Crippen molar-refractivity contribution in [2.75, 3.05) is 0 Å². The minimum atomic E-state index is 2.50. The van der Waals surface area contributed by atoms with Crippen LogP contribution in [0.5, 0.6) is 0 Å². The molecule has 0 spiro atoms. The highest BCUT2D eigenvalue weighted by Gasteiger charge is 1.49. The van der Waals surface area contributed by atoms with Gasteiger partial charge in [-0.25, -0.2) is 0 Å². The summed E-state index contributed by atoms with van der Waals surface area (Å²) < 4.78 is 0. The first kappa shape index (κ1) is 4.87. The third kappa shape index (κ3) is 2.87. The molecule has 6 heavy (non-hydrogen) atoms. The van der Waals surface area contributed by atoms with E-state index in [0.717, 1.165) is 0 Å². The molecule has 0 fully saturated rings. The van der Waals surface area contributed by atoms with Gasteiger partial charge >= 0.3 is 0 Å². The molecular formula is CH3N5. The molecule has 0 aromatic heterocycles. The number of nitrogens with zero attached hydrogens (tertiary/aromatic N) is 4. The van der Waals surface area contributed by atoms with Gasteiger partial charge in [-0.2, -0.15) is 5.53 Å². The van der Waals surface area contributed by atoms with Gasteiger partial charge in [0.15, 0.2) is 0 Å². The molecule has 5 heteroatoms. The second kappa shape index (κ2) is 3.87. The van der Waals surface area contributed by atoms with Crippen LogP contribution in [0.1, 0.15) is 0 Å². The van der Waals surface area contributed by atoms with Gasteiger partial charge < -0.3 is 0 Å². The molecule has 0 aromatic carbocycles. The summed E-state index contributed by atoms with van der Waals surface area (Å²) in [7, 11) is 0. The molecule has 5 nitrogen and oxygen atoms in total. The van der Waals surface area contributed by atoms with E-state index < -0.39 is 0 Å². The minimum absolute atomic E-state index is 2.50. The van der Waals surface area contributed by atoms with Gasteiger partial charge in [0.2, 0.25) is 0 Å². The van der Waals surface area contributed by atoms with Crippen LogP contribution in [0.4, 0.5) is 0 Å². The maximum atomic E-state index is 5.98. The summed E-state index contributed by atoms with van der Waals surface area (Å²) in [5.41, 5.74) is 5.98. The van der Waals surface area contributed by atoms with Gasteiger partial charge in [-0.1, -0.05) is 0 Å². The maximum absolute atomic E-state index is 5.98. The zero-order valence-corrected chi connectivity index (χ0v) is 3.00. The highest BCUT2D eigenvalue weighted by atomic mass is 15.5. The Morgan fingerprint density at radius 3 is 2.17 bits per heavy atom. The van der Waals surface area contributed by atoms with E-state index in [1.165, 1.54) is 0 Å². The van der Waals surface area contributed by atoms with Crippen LogP contribution in [-0.4, -0.2) is 6.72 Å². The van der Waals surface area contributed by atoms with Crippen LogP contribution >= 0.6 is 0 Å². The number of nitrogens with one attached hydrogen (secondary N) is 1. The van der Waals surface area contributed by atoms with Crippen LogP contribution in [0.15, 0.2) is 20.8 Å². The largest absolute Gasteiger partial charge is 0.183 e. The Labute approximate surface area is 34.3 Å². The lowest BCUT2D eigenvalue weighted by atomic mass is 11.7. The van der Waals surface area contributed by atoms with Gasteiger partial charge in [0.25, 0.3) is 0 Å².